The lowest BCUT2D eigenvalue weighted by Gasteiger charge is -2.30. The van der Waals surface area contributed by atoms with Gasteiger partial charge in [0, 0.05) is 18.0 Å². The third-order valence-electron chi connectivity index (χ3n) is 6.05. The van der Waals surface area contributed by atoms with Crippen LogP contribution < -0.4 is 10.2 Å². The number of hydrogen-bond acceptors (Lipinski definition) is 4. The molecule has 2 aromatic heterocycles. The molecule has 7 heteroatoms. The molecule has 168 valence electrons. The van der Waals surface area contributed by atoms with Gasteiger partial charge in [-0.3, -0.25) is 4.79 Å². The summed E-state index contributed by atoms with van der Waals surface area (Å²) in [4.78, 5) is 17.1. The summed E-state index contributed by atoms with van der Waals surface area (Å²) in [7, 11) is 0. The van der Waals surface area contributed by atoms with Gasteiger partial charge in [-0.05, 0) is 55.0 Å². The molecule has 1 N–H and O–H groups in total. The number of fused-ring (bicyclic) bond motifs is 1. The van der Waals surface area contributed by atoms with Crippen LogP contribution in [0.5, 0.6) is 0 Å². The molecular formula is C26H25ClN4OS. The summed E-state index contributed by atoms with van der Waals surface area (Å²) in [5.41, 5.74) is 6.47. The Hall–Kier alpha value is -3.09. The van der Waals surface area contributed by atoms with E-state index in [2.05, 4.69) is 64.0 Å². The Kier molecular flexibility index (Phi) is 5.96. The molecule has 1 aliphatic rings. The molecule has 1 amide bonds. The highest BCUT2D eigenvalue weighted by Gasteiger charge is 2.24. The zero-order valence-electron chi connectivity index (χ0n) is 18.6. The first kappa shape index (κ1) is 21.7. The van der Waals surface area contributed by atoms with Crippen LogP contribution in [0.2, 0.25) is 5.15 Å². The average molecular weight is 477 g/mol. The minimum atomic E-state index is -0.242. The second kappa shape index (κ2) is 9.04. The normalized spacial score (nSPS) is 13.1. The molecule has 33 heavy (non-hydrogen) atoms. The molecule has 0 saturated carbocycles. The third-order valence-corrected chi connectivity index (χ3v) is 7.45. The molecule has 0 saturated heterocycles. The fourth-order valence-electron chi connectivity index (χ4n) is 4.28. The van der Waals surface area contributed by atoms with Crippen LogP contribution in [-0.2, 0) is 19.5 Å². The fraction of sp³-hybridized carbons (Fsp3) is 0.231. The molecule has 0 spiro atoms. The number of para-hydroxylation sites is 2. The Balaban J connectivity index is 1.37. The van der Waals surface area contributed by atoms with Crippen LogP contribution >= 0.6 is 22.9 Å². The Morgan fingerprint density at radius 1 is 1.12 bits per heavy atom. The van der Waals surface area contributed by atoms with Gasteiger partial charge in [-0.1, -0.05) is 53.6 Å². The van der Waals surface area contributed by atoms with E-state index in [-0.39, 0.29) is 5.91 Å². The number of benzene rings is 2. The van der Waals surface area contributed by atoms with E-state index >= 15 is 0 Å². The monoisotopic (exact) mass is 476 g/mol. The van der Waals surface area contributed by atoms with Crippen molar-refractivity contribution in [2.24, 2.45) is 0 Å². The van der Waals surface area contributed by atoms with Gasteiger partial charge in [0.25, 0.3) is 5.91 Å². The predicted molar refractivity (Wildman–Crippen MR) is 136 cm³/mol. The molecule has 5 nitrogen and oxygen atoms in total. The number of hydrogen-bond donors (Lipinski definition) is 1. The maximum absolute atomic E-state index is 13.3. The molecule has 0 atom stereocenters. The summed E-state index contributed by atoms with van der Waals surface area (Å²) >= 11 is 8.46. The second-order valence-electron chi connectivity index (χ2n) is 8.41. The quantitative estimate of drug-likeness (QED) is 0.380. The van der Waals surface area contributed by atoms with Crippen LogP contribution in [0.4, 0.5) is 11.4 Å². The van der Waals surface area contributed by atoms with E-state index in [4.69, 9.17) is 11.6 Å². The Morgan fingerprint density at radius 3 is 2.73 bits per heavy atom. The fourth-order valence-corrected chi connectivity index (χ4v) is 5.49. The lowest BCUT2D eigenvalue weighted by atomic mass is 10.1. The van der Waals surface area contributed by atoms with Gasteiger partial charge in [-0.2, -0.15) is 5.10 Å². The number of halogens is 1. The zero-order valence-corrected chi connectivity index (χ0v) is 20.2. The molecule has 5 rings (SSSR count). The van der Waals surface area contributed by atoms with E-state index in [9.17, 15) is 4.79 Å². The van der Waals surface area contributed by atoms with E-state index < -0.39 is 0 Å². The van der Waals surface area contributed by atoms with E-state index in [1.165, 1.54) is 16.0 Å². The predicted octanol–water partition coefficient (Wildman–Crippen LogP) is 6.08. The van der Waals surface area contributed by atoms with Gasteiger partial charge in [0.15, 0.2) is 0 Å². The van der Waals surface area contributed by atoms with Gasteiger partial charge < -0.3 is 10.2 Å². The molecule has 0 unspecified atom stereocenters. The maximum atomic E-state index is 13.3. The highest BCUT2D eigenvalue weighted by Crippen LogP contribution is 2.33. The summed E-state index contributed by atoms with van der Waals surface area (Å²) in [6.07, 6.45) is 1.02. The summed E-state index contributed by atoms with van der Waals surface area (Å²) in [6.45, 7) is 6.16. The Labute approximate surface area is 202 Å². The van der Waals surface area contributed by atoms with E-state index in [1.807, 2.05) is 36.5 Å². The second-order valence-corrected chi connectivity index (χ2v) is 9.76. The number of carbonyl (C=O) groups is 1. The molecule has 0 radical (unpaired) electrons. The average Bonchev–Trinajstić information content (AvgIpc) is 3.39. The van der Waals surface area contributed by atoms with Crippen molar-refractivity contribution in [2.75, 3.05) is 16.8 Å². The van der Waals surface area contributed by atoms with Crippen molar-refractivity contribution >= 4 is 40.2 Å². The standard InChI is InChI=1S/C26H25ClN4OS/c1-17-7-9-19(10-8-17)15-31-25(27)24(18(2)29-31)26(32)28-21-5-3-4-6-22(21)30-13-11-23-20(16-30)12-14-33-23/h3-10,12,14H,11,13,15-16H2,1-2H3,(H,28,32). The van der Waals surface area contributed by atoms with Crippen LogP contribution in [0.25, 0.3) is 0 Å². The minimum absolute atomic E-state index is 0.242. The van der Waals surface area contributed by atoms with Gasteiger partial charge in [-0.25, -0.2) is 4.68 Å². The molecular weight excluding hydrogens is 452 g/mol. The number of nitrogens with zero attached hydrogens (tertiary/aromatic N) is 3. The summed E-state index contributed by atoms with van der Waals surface area (Å²) in [6, 6.07) is 18.4. The zero-order chi connectivity index (χ0) is 22.9. The van der Waals surface area contributed by atoms with Gasteiger partial charge in [0.2, 0.25) is 0 Å². The largest absolute Gasteiger partial charge is 0.365 e. The summed E-state index contributed by atoms with van der Waals surface area (Å²) in [5.74, 6) is -0.242. The maximum Gasteiger partial charge on any atom is 0.260 e. The first-order chi connectivity index (χ1) is 16.0. The third kappa shape index (κ3) is 4.41. The van der Waals surface area contributed by atoms with Crippen molar-refractivity contribution in [1.29, 1.82) is 0 Å². The van der Waals surface area contributed by atoms with Crippen LogP contribution in [0.15, 0.2) is 60.0 Å². The number of amides is 1. The lowest BCUT2D eigenvalue weighted by molar-refractivity contribution is 0.102. The number of carbonyl (C=O) groups excluding carboxylic acids is 1. The van der Waals surface area contributed by atoms with Crippen molar-refractivity contribution in [3.63, 3.8) is 0 Å². The lowest BCUT2D eigenvalue weighted by Crippen LogP contribution is -2.30. The molecule has 0 fully saturated rings. The SMILES string of the molecule is Cc1ccc(Cn2nc(C)c(C(=O)Nc3ccccc3N3CCc4sccc4C3)c2Cl)cc1. The summed E-state index contributed by atoms with van der Waals surface area (Å²) in [5, 5.41) is 10.1. The molecule has 0 bridgehead atoms. The van der Waals surface area contributed by atoms with Gasteiger partial charge in [-0.15, -0.1) is 11.3 Å². The highest BCUT2D eigenvalue weighted by molar-refractivity contribution is 7.10. The van der Waals surface area contributed by atoms with Gasteiger partial charge >= 0.3 is 0 Å². The van der Waals surface area contributed by atoms with Crippen LogP contribution in [-0.4, -0.2) is 22.2 Å². The van der Waals surface area contributed by atoms with E-state index in [0.29, 0.717) is 23.0 Å². The highest BCUT2D eigenvalue weighted by atomic mass is 35.5. The first-order valence-corrected chi connectivity index (χ1v) is 12.2. The number of thiophene rings is 1. The number of nitrogens with one attached hydrogen (secondary N) is 1. The van der Waals surface area contributed by atoms with E-state index in [1.54, 1.807) is 4.68 Å². The number of anilines is 2. The molecule has 2 aromatic carbocycles. The van der Waals surface area contributed by atoms with Gasteiger partial charge in [0.1, 0.15) is 5.15 Å². The molecule has 4 aromatic rings. The van der Waals surface area contributed by atoms with Crippen LogP contribution in [0.3, 0.4) is 0 Å². The van der Waals surface area contributed by atoms with Gasteiger partial charge in [0.05, 0.1) is 29.2 Å². The van der Waals surface area contributed by atoms with Crippen LogP contribution in [0, 0.1) is 13.8 Å². The Morgan fingerprint density at radius 2 is 1.91 bits per heavy atom. The van der Waals surface area contributed by atoms with E-state index in [0.717, 1.165) is 36.4 Å². The summed E-state index contributed by atoms with van der Waals surface area (Å²) < 4.78 is 1.69. The van der Waals surface area contributed by atoms with Crippen molar-refractivity contribution < 1.29 is 4.79 Å². The first-order valence-electron chi connectivity index (χ1n) is 11.0. The molecule has 0 aliphatic carbocycles. The van der Waals surface area contributed by atoms with Crippen molar-refractivity contribution in [3.05, 3.63) is 98.0 Å². The van der Waals surface area contributed by atoms with Crippen molar-refractivity contribution in [3.8, 4) is 0 Å². The number of aromatic nitrogens is 2. The number of rotatable bonds is 5. The van der Waals surface area contributed by atoms with Crippen molar-refractivity contribution in [1.82, 2.24) is 9.78 Å². The topological polar surface area (TPSA) is 50.2 Å². The number of aryl methyl sites for hydroxylation is 2. The van der Waals surface area contributed by atoms with Crippen LogP contribution in [0.1, 0.15) is 37.6 Å². The molecule has 3 heterocycles. The van der Waals surface area contributed by atoms with Crippen molar-refractivity contribution in [2.45, 2.75) is 33.4 Å². The smallest absolute Gasteiger partial charge is 0.260 e. The minimum Gasteiger partial charge on any atom is -0.365 e. The Bertz CT molecular complexity index is 1310. The molecule has 1 aliphatic heterocycles.